The third kappa shape index (κ3) is 3.47. The second kappa shape index (κ2) is 6.26. The summed E-state index contributed by atoms with van der Waals surface area (Å²) in [4.78, 5) is 2.49. The molecule has 1 aliphatic heterocycles. The first-order valence-electron chi connectivity index (χ1n) is 4.92. The molecule has 0 amide bonds. The van der Waals surface area contributed by atoms with E-state index in [4.69, 9.17) is 0 Å². The van der Waals surface area contributed by atoms with Crippen molar-refractivity contribution in [3.63, 3.8) is 0 Å². The fraction of sp³-hybridized carbons (Fsp3) is 0.455. The molecule has 0 spiro atoms. The molecule has 1 aliphatic rings. The van der Waals surface area contributed by atoms with Crippen molar-refractivity contribution in [2.24, 2.45) is 0 Å². The number of hydrogen-bond acceptors (Lipinski definition) is 2. The molecule has 0 aromatic heterocycles. The number of nitrogens with one attached hydrogen (secondary N) is 1. The minimum absolute atomic E-state index is 0. The summed E-state index contributed by atoms with van der Waals surface area (Å²) in [5, 5.41) is 3.36. The number of hydrogen-bond donors (Lipinski definition) is 1. The van der Waals surface area contributed by atoms with Crippen molar-refractivity contribution in [1.82, 2.24) is 10.2 Å². The van der Waals surface area contributed by atoms with Gasteiger partial charge in [0.2, 0.25) is 0 Å². The Kier molecular flexibility index (Phi) is 5.28. The van der Waals surface area contributed by atoms with Crippen LogP contribution in [0.5, 0.6) is 0 Å². The van der Waals surface area contributed by atoms with Gasteiger partial charge in [0.05, 0.1) is 0 Å². The van der Waals surface area contributed by atoms with Crippen molar-refractivity contribution >= 4 is 0 Å². The molecule has 3 heteroatoms. The van der Waals surface area contributed by atoms with E-state index in [-0.39, 0.29) is 20.3 Å². The molecule has 0 saturated carbocycles. The summed E-state index contributed by atoms with van der Waals surface area (Å²) >= 11 is 0. The van der Waals surface area contributed by atoms with Gasteiger partial charge in [0.25, 0.3) is 0 Å². The quantitative estimate of drug-likeness (QED) is 0.546. The standard InChI is InChI=1S/C11H16N2.Li.H/c1-2-4-11(5-3-1)10-13-8-6-12-7-9-13;;/h1-5,12H,6-10H2;;/q;+1;-1. The Labute approximate surface area is 99.3 Å². The second-order valence-corrected chi connectivity index (χ2v) is 3.51. The molecule has 1 saturated heterocycles. The molecule has 2 nitrogen and oxygen atoms in total. The normalized spacial score (nSPS) is 17.4. The molecular weight excluding hydrogens is 167 g/mol. The molecule has 0 aliphatic carbocycles. The molecule has 1 aromatic rings. The number of piperazine rings is 1. The Hall–Kier alpha value is -0.263. The molecule has 1 aromatic carbocycles. The molecule has 1 N–H and O–H groups in total. The molecule has 0 radical (unpaired) electrons. The monoisotopic (exact) mass is 184 g/mol. The number of nitrogens with zero attached hydrogens (tertiary/aromatic N) is 1. The van der Waals surface area contributed by atoms with Crippen LogP contribution in [0.4, 0.5) is 0 Å². The summed E-state index contributed by atoms with van der Waals surface area (Å²) in [6.07, 6.45) is 0. The van der Waals surface area contributed by atoms with Gasteiger partial charge in [-0.2, -0.15) is 0 Å². The van der Waals surface area contributed by atoms with Crippen molar-refractivity contribution in [2.75, 3.05) is 26.2 Å². The van der Waals surface area contributed by atoms with E-state index in [1.807, 2.05) is 0 Å². The maximum atomic E-state index is 3.36. The molecule has 1 fully saturated rings. The van der Waals surface area contributed by atoms with Gasteiger partial charge < -0.3 is 6.74 Å². The van der Waals surface area contributed by atoms with Crippen molar-refractivity contribution in [3.8, 4) is 0 Å². The van der Waals surface area contributed by atoms with Crippen molar-refractivity contribution in [2.45, 2.75) is 6.54 Å². The number of benzene rings is 1. The second-order valence-electron chi connectivity index (χ2n) is 3.51. The predicted octanol–water partition coefficient (Wildman–Crippen LogP) is -1.79. The fourth-order valence-electron chi connectivity index (χ4n) is 1.71. The molecule has 0 unspecified atom stereocenters. The molecule has 14 heavy (non-hydrogen) atoms. The molecule has 2 rings (SSSR count). The summed E-state index contributed by atoms with van der Waals surface area (Å²) in [6.45, 7) is 5.71. The van der Waals surface area contributed by atoms with Crippen molar-refractivity contribution in [1.29, 1.82) is 0 Å². The van der Waals surface area contributed by atoms with Crippen LogP contribution in [0.1, 0.15) is 6.99 Å². The van der Waals surface area contributed by atoms with Gasteiger partial charge in [-0.15, -0.1) is 0 Å². The maximum absolute atomic E-state index is 3.36. The van der Waals surface area contributed by atoms with E-state index in [2.05, 4.69) is 40.5 Å². The molecule has 0 bridgehead atoms. The van der Waals surface area contributed by atoms with Crippen LogP contribution in [0.25, 0.3) is 0 Å². The van der Waals surface area contributed by atoms with Gasteiger partial charge in [-0.3, -0.25) is 4.90 Å². The van der Waals surface area contributed by atoms with Crippen LogP contribution < -0.4 is 24.2 Å². The Bertz CT molecular complexity index is 250. The van der Waals surface area contributed by atoms with Gasteiger partial charge in [-0.25, -0.2) is 0 Å². The van der Waals surface area contributed by atoms with Crippen LogP contribution in [-0.2, 0) is 6.54 Å². The average molecular weight is 184 g/mol. The van der Waals surface area contributed by atoms with Crippen molar-refractivity contribution in [3.05, 3.63) is 35.9 Å². The Morgan fingerprint density at radius 3 is 2.43 bits per heavy atom. The minimum atomic E-state index is 0. The largest absolute Gasteiger partial charge is 1.00 e. The first kappa shape index (κ1) is 11.8. The van der Waals surface area contributed by atoms with Gasteiger partial charge in [-0.1, -0.05) is 30.3 Å². The molecule has 72 valence electrons. The molecular formula is C11H17LiN2. The van der Waals surface area contributed by atoms with E-state index in [9.17, 15) is 0 Å². The Balaban J connectivity index is 0.000000980. The van der Waals surface area contributed by atoms with Gasteiger partial charge >= 0.3 is 18.9 Å². The van der Waals surface area contributed by atoms with Crippen LogP contribution in [0.3, 0.4) is 0 Å². The summed E-state index contributed by atoms with van der Waals surface area (Å²) in [6, 6.07) is 10.7. The van der Waals surface area contributed by atoms with Crippen LogP contribution in [0, 0.1) is 0 Å². The van der Waals surface area contributed by atoms with Crippen LogP contribution >= 0.6 is 0 Å². The fourth-order valence-corrected chi connectivity index (χ4v) is 1.71. The summed E-state index contributed by atoms with van der Waals surface area (Å²) in [5.41, 5.74) is 1.42. The van der Waals surface area contributed by atoms with Crippen LogP contribution in [0.15, 0.2) is 30.3 Å². The van der Waals surface area contributed by atoms with E-state index in [0.29, 0.717) is 0 Å². The topological polar surface area (TPSA) is 15.3 Å². The molecule has 0 atom stereocenters. The van der Waals surface area contributed by atoms with Gasteiger partial charge in [0, 0.05) is 32.7 Å². The zero-order valence-corrected chi connectivity index (χ0v) is 8.87. The van der Waals surface area contributed by atoms with Gasteiger partial charge in [-0.05, 0) is 5.56 Å². The van der Waals surface area contributed by atoms with Crippen molar-refractivity contribution < 1.29 is 20.3 Å². The molecule has 1 heterocycles. The van der Waals surface area contributed by atoms with Crippen LogP contribution in [-0.4, -0.2) is 31.1 Å². The first-order valence-corrected chi connectivity index (χ1v) is 4.92. The summed E-state index contributed by atoms with van der Waals surface area (Å²) in [7, 11) is 0. The third-order valence-corrected chi connectivity index (χ3v) is 2.46. The summed E-state index contributed by atoms with van der Waals surface area (Å²) < 4.78 is 0. The predicted molar refractivity (Wildman–Crippen MR) is 55.7 cm³/mol. The third-order valence-electron chi connectivity index (χ3n) is 2.46. The van der Waals surface area contributed by atoms with E-state index in [1.54, 1.807) is 0 Å². The maximum Gasteiger partial charge on any atom is 1.00 e. The zero-order valence-electron chi connectivity index (χ0n) is 9.87. The van der Waals surface area contributed by atoms with E-state index in [1.165, 1.54) is 18.7 Å². The average Bonchev–Trinajstić information content (AvgIpc) is 2.21. The summed E-state index contributed by atoms with van der Waals surface area (Å²) in [5.74, 6) is 0. The Morgan fingerprint density at radius 1 is 1.14 bits per heavy atom. The minimum Gasteiger partial charge on any atom is -1.00 e. The Morgan fingerprint density at radius 2 is 1.79 bits per heavy atom. The smallest absolute Gasteiger partial charge is 1.00 e. The van der Waals surface area contributed by atoms with Crippen LogP contribution in [0.2, 0.25) is 0 Å². The number of rotatable bonds is 2. The zero-order chi connectivity index (χ0) is 8.93. The van der Waals surface area contributed by atoms with E-state index < -0.39 is 0 Å². The van der Waals surface area contributed by atoms with E-state index >= 15 is 0 Å². The van der Waals surface area contributed by atoms with Gasteiger partial charge in [0.15, 0.2) is 0 Å². The first-order chi connectivity index (χ1) is 6.45. The van der Waals surface area contributed by atoms with E-state index in [0.717, 1.165) is 19.6 Å². The SMILES string of the molecule is [H-].[Li+].c1ccc(CN2CCNCC2)cc1. The van der Waals surface area contributed by atoms with Gasteiger partial charge in [0.1, 0.15) is 0 Å².